The number of nitrogens with zero attached hydrogens (tertiary/aromatic N) is 6. The minimum absolute atomic E-state index is 0.302. The van der Waals surface area contributed by atoms with Gasteiger partial charge in [0.1, 0.15) is 23.6 Å². The number of pyridine rings is 1. The second-order valence-electron chi connectivity index (χ2n) is 7.35. The van der Waals surface area contributed by atoms with Crippen LogP contribution in [0, 0.1) is 6.92 Å². The molecule has 0 fully saturated rings. The first-order valence-electron chi connectivity index (χ1n) is 10.1. The smallest absolute Gasteiger partial charge is 0.260 e. The largest absolute Gasteiger partial charge is 0.493 e. The molecule has 3 aromatic heterocycles. The van der Waals surface area contributed by atoms with Crippen LogP contribution in [0.3, 0.4) is 0 Å². The molecule has 9 heteroatoms. The second-order valence-corrected chi connectivity index (χ2v) is 7.35. The van der Waals surface area contributed by atoms with Gasteiger partial charge in [0.2, 0.25) is 0 Å². The Morgan fingerprint density at radius 2 is 2.06 bits per heavy atom. The quantitative estimate of drug-likeness (QED) is 0.512. The summed E-state index contributed by atoms with van der Waals surface area (Å²) in [6.07, 6.45) is 5.27. The van der Waals surface area contributed by atoms with Gasteiger partial charge in [0.15, 0.2) is 5.82 Å². The third kappa shape index (κ3) is 3.89. The lowest BCUT2D eigenvalue weighted by Gasteiger charge is -2.15. The number of rotatable bonds is 1. The van der Waals surface area contributed by atoms with Gasteiger partial charge in [-0.1, -0.05) is 6.07 Å². The summed E-state index contributed by atoms with van der Waals surface area (Å²) in [5.41, 5.74) is 2.76. The van der Waals surface area contributed by atoms with Crippen LogP contribution in [-0.4, -0.2) is 42.0 Å². The molecule has 1 aliphatic rings. The lowest BCUT2D eigenvalue weighted by Crippen LogP contribution is -2.16. The fourth-order valence-electron chi connectivity index (χ4n) is 3.52. The van der Waals surface area contributed by atoms with E-state index in [-0.39, 0.29) is 5.91 Å². The Bertz CT molecular complexity index is 1240. The highest BCUT2D eigenvalue weighted by molar-refractivity contribution is 6.06. The molecule has 5 rings (SSSR count). The van der Waals surface area contributed by atoms with E-state index in [0.29, 0.717) is 35.3 Å². The molecule has 1 aliphatic heterocycles. The van der Waals surface area contributed by atoms with Crippen LogP contribution in [0.4, 0.5) is 5.82 Å². The molecular formula is C22H21N7O2. The van der Waals surface area contributed by atoms with Gasteiger partial charge in [-0.05, 0) is 56.2 Å². The van der Waals surface area contributed by atoms with E-state index in [2.05, 4.69) is 25.6 Å². The van der Waals surface area contributed by atoms with Gasteiger partial charge >= 0.3 is 0 Å². The molecule has 2 bridgehead atoms. The van der Waals surface area contributed by atoms with Crippen molar-refractivity contribution in [3.8, 4) is 23.0 Å². The van der Waals surface area contributed by atoms with Crippen molar-refractivity contribution < 1.29 is 9.53 Å². The van der Waals surface area contributed by atoms with E-state index in [1.54, 1.807) is 23.1 Å². The Balaban J connectivity index is 1.54. The number of anilines is 1. The van der Waals surface area contributed by atoms with Crippen molar-refractivity contribution >= 4 is 11.7 Å². The fourth-order valence-corrected chi connectivity index (χ4v) is 3.52. The molecule has 4 heterocycles. The van der Waals surface area contributed by atoms with Crippen molar-refractivity contribution in [2.24, 2.45) is 0 Å². The first-order valence-corrected chi connectivity index (χ1v) is 10.1. The van der Waals surface area contributed by atoms with Crippen LogP contribution in [0.1, 0.15) is 28.9 Å². The normalized spacial score (nSPS) is 14.0. The van der Waals surface area contributed by atoms with E-state index in [0.717, 1.165) is 30.8 Å². The Morgan fingerprint density at radius 1 is 1.13 bits per heavy atom. The van der Waals surface area contributed by atoms with Crippen molar-refractivity contribution in [3.05, 3.63) is 66.2 Å². The summed E-state index contributed by atoms with van der Waals surface area (Å²) in [7, 11) is 0. The lowest BCUT2D eigenvalue weighted by molar-refractivity contribution is 0.102. The number of amides is 1. The van der Waals surface area contributed by atoms with E-state index in [1.165, 1.54) is 0 Å². The zero-order chi connectivity index (χ0) is 21.2. The zero-order valence-electron chi connectivity index (χ0n) is 17.0. The van der Waals surface area contributed by atoms with Crippen LogP contribution < -0.4 is 10.1 Å². The first-order chi connectivity index (χ1) is 15.2. The van der Waals surface area contributed by atoms with Gasteiger partial charge in [-0.15, -0.1) is 10.2 Å². The van der Waals surface area contributed by atoms with Crippen LogP contribution in [0.5, 0.6) is 5.75 Å². The topological polar surface area (TPSA) is 99.8 Å². The summed E-state index contributed by atoms with van der Waals surface area (Å²) in [5, 5.41) is 15.5. The van der Waals surface area contributed by atoms with Gasteiger partial charge < -0.3 is 14.6 Å². The van der Waals surface area contributed by atoms with Crippen molar-refractivity contribution in [1.82, 2.24) is 29.5 Å². The highest BCUT2D eigenvalue weighted by Crippen LogP contribution is 2.25. The summed E-state index contributed by atoms with van der Waals surface area (Å²) in [6, 6.07) is 12.8. The minimum atomic E-state index is -0.302. The maximum Gasteiger partial charge on any atom is 0.260 e. The zero-order valence-corrected chi connectivity index (χ0v) is 17.0. The summed E-state index contributed by atoms with van der Waals surface area (Å²) in [6.45, 7) is 3.18. The van der Waals surface area contributed by atoms with E-state index in [1.807, 2.05) is 48.0 Å². The number of aryl methyl sites for hydroxylation is 2. The number of nitrogens with one attached hydrogen (secondary N) is 1. The molecule has 0 unspecified atom stereocenters. The molecule has 31 heavy (non-hydrogen) atoms. The number of benzene rings is 1. The Hall–Kier alpha value is -4.01. The second kappa shape index (κ2) is 8.02. The van der Waals surface area contributed by atoms with Gasteiger partial charge in [0.05, 0.1) is 23.6 Å². The highest BCUT2D eigenvalue weighted by atomic mass is 16.5. The molecule has 0 radical (unpaired) electrons. The number of carbonyl (C=O) groups excluding carboxylic acids is 1. The SMILES string of the molecule is Cc1ccn(-c2ccc3c(c2)C(=O)Nc2cccc(n2)-c2nncn2CCCCO3)n1. The standard InChI is InChI=1S/C22H21N7O2/c1-15-9-11-29(27-15)16-7-8-19-17(13-16)22(30)25-20-6-4-5-18(24-20)21-26-23-14-28(21)10-2-3-12-31-19/h4-9,11,13-14H,2-3,10,12H2,1H3,(H,24,25,30). The molecule has 1 amide bonds. The molecule has 0 saturated carbocycles. The molecule has 1 N–H and O–H groups in total. The van der Waals surface area contributed by atoms with Crippen LogP contribution in [0.25, 0.3) is 17.2 Å². The summed E-state index contributed by atoms with van der Waals surface area (Å²) < 4.78 is 9.67. The minimum Gasteiger partial charge on any atom is -0.493 e. The molecule has 1 aromatic carbocycles. The number of carbonyl (C=O) groups is 1. The Morgan fingerprint density at radius 3 is 2.94 bits per heavy atom. The van der Waals surface area contributed by atoms with E-state index in [9.17, 15) is 4.79 Å². The molecule has 0 aliphatic carbocycles. The van der Waals surface area contributed by atoms with Gasteiger partial charge in [0, 0.05) is 12.7 Å². The van der Waals surface area contributed by atoms with E-state index < -0.39 is 0 Å². The third-order valence-electron chi connectivity index (χ3n) is 5.08. The van der Waals surface area contributed by atoms with Crippen molar-refractivity contribution in [2.45, 2.75) is 26.3 Å². The highest BCUT2D eigenvalue weighted by Gasteiger charge is 2.17. The average Bonchev–Trinajstić information content (AvgIpc) is 3.42. The maximum absolute atomic E-state index is 13.2. The van der Waals surface area contributed by atoms with Gasteiger partial charge in [-0.25, -0.2) is 9.67 Å². The van der Waals surface area contributed by atoms with Gasteiger partial charge in [-0.3, -0.25) is 4.79 Å². The predicted molar refractivity (Wildman–Crippen MR) is 114 cm³/mol. The average molecular weight is 415 g/mol. The molecule has 0 saturated heterocycles. The molecule has 0 atom stereocenters. The maximum atomic E-state index is 13.2. The number of fused-ring (bicyclic) bond motifs is 5. The lowest BCUT2D eigenvalue weighted by atomic mass is 10.1. The summed E-state index contributed by atoms with van der Waals surface area (Å²) in [5.74, 6) is 1.33. The number of ether oxygens (including phenoxy) is 1. The first kappa shape index (κ1) is 19.0. The van der Waals surface area contributed by atoms with Crippen LogP contribution in [-0.2, 0) is 6.54 Å². The van der Waals surface area contributed by atoms with E-state index >= 15 is 0 Å². The van der Waals surface area contributed by atoms with Crippen LogP contribution in [0.2, 0.25) is 0 Å². The van der Waals surface area contributed by atoms with Gasteiger partial charge in [0.25, 0.3) is 5.91 Å². The fraction of sp³-hybridized carbons (Fsp3) is 0.227. The monoisotopic (exact) mass is 415 g/mol. The Kier molecular flexibility index (Phi) is 4.91. The molecule has 4 aromatic rings. The van der Waals surface area contributed by atoms with Crippen LogP contribution in [0.15, 0.2) is 55.0 Å². The molecular weight excluding hydrogens is 394 g/mol. The number of hydrogen-bond acceptors (Lipinski definition) is 6. The van der Waals surface area contributed by atoms with Crippen molar-refractivity contribution in [1.29, 1.82) is 0 Å². The third-order valence-corrected chi connectivity index (χ3v) is 5.08. The van der Waals surface area contributed by atoms with Gasteiger partial charge in [-0.2, -0.15) is 5.10 Å². The van der Waals surface area contributed by atoms with E-state index in [4.69, 9.17) is 4.74 Å². The number of aromatic nitrogens is 6. The van der Waals surface area contributed by atoms with Crippen molar-refractivity contribution in [2.75, 3.05) is 11.9 Å². The van der Waals surface area contributed by atoms with Crippen molar-refractivity contribution in [3.63, 3.8) is 0 Å². The number of hydrogen-bond donors (Lipinski definition) is 1. The molecule has 0 spiro atoms. The Labute approximate surface area is 178 Å². The predicted octanol–water partition coefficient (Wildman–Crippen LogP) is 3.26. The summed E-state index contributed by atoms with van der Waals surface area (Å²) >= 11 is 0. The van der Waals surface area contributed by atoms with Crippen LogP contribution >= 0.6 is 0 Å². The molecule has 9 nitrogen and oxygen atoms in total. The molecule has 156 valence electrons. The summed E-state index contributed by atoms with van der Waals surface area (Å²) in [4.78, 5) is 17.7.